The third kappa shape index (κ3) is 2.78. The van der Waals surface area contributed by atoms with E-state index in [9.17, 15) is 9.59 Å². The highest BCUT2D eigenvalue weighted by Crippen LogP contribution is 2.25. The summed E-state index contributed by atoms with van der Waals surface area (Å²) in [6.45, 7) is 0. The Kier molecular flexibility index (Phi) is 4.28. The lowest BCUT2D eigenvalue weighted by Crippen LogP contribution is -3.00. The molecule has 0 unspecified atom stereocenters. The minimum Gasteiger partial charge on any atom is -1.00 e. The Hall–Kier alpha value is -1.21. The third-order valence-corrected chi connectivity index (χ3v) is 2.67. The van der Waals surface area contributed by atoms with Gasteiger partial charge in [0.1, 0.15) is 5.69 Å². The predicted molar refractivity (Wildman–Crippen MR) is 67.6 cm³/mol. The summed E-state index contributed by atoms with van der Waals surface area (Å²) in [6.07, 6.45) is 2.59. The normalized spacial score (nSPS) is 14.9. The van der Waals surface area contributed by atoms with Crippen molar-refractivity contribution in [2.24, 2.45) is 0 Å². The van der Waals surface area contributed by atoms with Crippen LogP contribution in [0.4, 0.5) is 11.4 Å². The van der Waals surface area contributed by atoms with Crippen molar-refractivity contribution in [2.75, 3.05) is 26.0 Å². The van der Waals surface area contributed by atoms with E-state index in [0.717, 1.165) is 5.69 Å². The van der Waals surface area contributed by atoms with E-state index < -0.39 is 0 Å². The van der Waals surface area contributed by atoms with Gasteiger partial charge in [-0.2, -0.15) is 0 Å². The lowest BCUT2D eigenvalue weighted by molar-refractivity contribution is -0.119. The minimum atomic E-state index is -0.284. The molecule has 18 heavy (non-hydrogen) atoms. The predicted octanol–water partition coefficient (Wildman–Crippen LogP) is -1.68. The number of anilines is 1. The first-order valence-corrected chi connectivity index (χ1v) is 5.38. The van der Waals surface area contributed by atoms with Crippen molar-refractivity contribution < 1.29 is 33.6 Å². The number of nitrogens with zero attached hydrogens (tertiary/aromatic N) is 2. The van der Waals surface area contributed by atoms with Crippen LogP contribution in [0.1, 0.15) is 0 Å². The van der Waals surface area contributed by atoms with E-state index >= 15 is 0 Å². The molecular formula is C13H15IN2O2. The molecule has 2 rings (SSSR count). The monoisotopic (exact) mass is 358 g/mol. The van der Waals surface area contributed by atoms with Gasteiger partial charge in [0, 0.05) is 18.2 Å². The molecule has 0 saturated heterocycles. The van der Waals surface area contributed by atoms with E-state index in [2.05, 4.69) is 0 Å². The summed E-state index contributed by atoms with van der Waals surface area (Å²) in [5.74, 6) is -0.567. The molecule has 0 atom stereocenters. The smallest absolute Gasteiger partial charge is 0.258 e. The number of quaternary nitrogens is 1. The number of amides is 2. The van der Waals surface area contributed by atoms with Gasteiger partial charge in [-0.25, -0.2) is 4.90 Å². The fourth-order valence-corrected chi connectivity index (χ4v) is 1.70. The van der Waals surface area contributed by atoms with Gasteiger partial charge in [0.15, 0.2) is 0 Å². The second-order valence-corrected chi connectivity index (χ2v) is 4.88. The molecule has 0 radical (unpaired) electrons. The van der Waals surface area contributed by atoms with Gasteiger partial charge in [-0.05, 0) is 12.1 Å². The van der Waals surface area contributed by atoms with E-state index in [1.165, 1.54) is 17.1 Å². The quantitative estimate of drug-likeness (QED) is 0.360. The molecule has 0 aromatic heterocycles. The zero-order valence-electron chi connectivity index (χ0n) is 10.6. The Morgan fingerprint density at radius 3 is 2.06 bits per heavy atom. The van der Waals surface area contributed by atoms with Crippen LogP contribution in [0.5, 0.6) is 0 Å². The van der Waals surface area contributed by atoms with Crippen LogP contribution >= 0.6 is 0 Å². The summed E-state index contributed by atoms with van der Waals surface area (Å²) in [6, 6.07) is 7.46. The van der Waals surface area contributed by atoms with E-state index in [-0.39, 0.29) is 35.8 Å². The number of hydrogen-bond donors (Lipinski definition) is 0. The maximum atomic E-state index is 11.6. The van der Waals surface area contributed by atoms with Gasteiger partial charge >= 0.3 is 0 Å². The van der Waals surface area contributed by atoms with Crippen LogP contribution in [0.3, 0.4) is 0 Å². The molecule has 5 heteroatoms. The molecule has 96 valence electrons. The van der Waals surface area contributed by atoms with Crippen molar-refractivity contribution in [2.45, 2.75) is 0 Å². The molecule has 0 fully saturated rings. The van der Waals surface area contributed by atoms with Gasteiger partial charge < -0.3 is 24.0 Å². The number of carbonyl (C=O) groups is 2. The van der Waals surface area contributed by atoms with Crippen LogP contribution in [0, 0.1) is 0 Å². The molecule has 0 N–H and O–H groups in total. The maximum Gasteiger partial charge on any atom is 0.258 e. The number of rotatable bonds is 2. The summed E-state index contributed by atoms with van der Waals surface area (Å²) in [7, 11) is 6.10. The second-order valence-electron chi connectivity index (χ2n) is 4.88. The van der Waals surface area contributed by atoms with Crippen LogP contribution in [-0.4, -0.2) is 33.0 Å². The lowest BCUT2D eigenvalue weighted by atomic mass is 10.2. The van der Waals surface area contributed by atoms with Crippen molar-refractivity contribution in [3.05, 3.63) is 36.4 Å². The molecule has 0 aliphatic carbocycles. The largest absolute Gasteiger partial charge is 1.00 e. The molecule has 1 aliphatic rings. The number of benzene rings is 1. The average Bonchev–Trinajstić information content (AvgIpc) is 2.57. The van der Waals surface area contributed by atoms with Gasteiger partial charge in [0.2, 0.25) is 0 Å². The van der Waals surface area contributed by atoms with Crippen LogP contribution in [0.15, 0.2) is 36.4 Å². The first-order chi connectivity index (χ1) is 7.89. The summed E-state index contributed by atoms with van der Waals surface area (Å²) in [5.41, 5.74) is 1.66. The van der Waals surface area contributed by atoms with Crippen molar-refractivity contribution in [3.63, 3.8) is 0 Å². The van der Waals surface area contributed by atoms with E-state index in [1.54, 1.807) is 6.07 Å². The molecule has 1 aliphatic heterocycles. The topological polar surface area (TPSA) is 37.4 Å². The Balaban J connectivity index is 0.00000162. The summed E-state index contributed by atoms with van der Waals surface area (Å²) < 4.78 is 0.636. The van der Waals surface area contributed by atoms with Crippen LogP contribution < -0.4 is 33.4 Å². The number of carbonyl (C=O) groups excluding carboxylic acids is 2. The molecule has 4 nitrogen and oxygen atoms in total. The van der Waals surface area contributed by atoms with Crippen molar-refractivity contribution >= 4 is 23.2 Å². The minimum absolute atomic E-state index is 0. The van der Waals surface area contributed by atoms with E-state index in [1.807, 2.05) is 39.3 Å². The molecule has 0 bridgehead atoms. The fourth-order valence-electron chi connectivity index (χ4n) is 1.70. The van der Waals surface area contributed by atoms with Crippen LogP contribution in [-0.2, 0) is 9.59 Å². The highest BCUT2D eigenvalue weighted by molar-refractivity contribution is 6.28. The molecule has 2 amide bonds. The zero-order valence-corrected chi connectivity index (χ0v) is 12.7. The summed E-state index contributed by atoms with van der Waals surface area (Å²) >= 11 is 0. The number of hydrogen-bond acceptors (Lipinski definition) is 2. The van der Waals surface area contributed by atoms with Crippen molar-refractivity contribution in [3.8, 4) is 0 Å². The lowest BCUT2D eigenvalue weighted by Gasteiger charge is -2.24. The Bertz CT molecular complexity index is 500. The first kappa shape index (κ1) is 14.8. The van der Waals surface area contributed by atoms with Gasteiger partial charge in [-0.3, -0.25) is 14.1 Å². The molecule has 0 spiro atoms. The van der Waals surface area contributed by atoms with Crippen LogP contribution in [0.2, 0.25) is 0 Å². The SMILES string of the molecule is C[N+](C)(C)c1cccc(N2C(=O)C=CC2=O)c1.[I-]. The van der Waals surface area contributed by atoms with Crippen molar-refractivity contribution in [1.29, 1.82) is 0 Å². The molecule has 0 saturated carbocycles. The highest BCUT2D eigenvalue weighted by atomic mass is 127. The Labute approximate surface area is 123 Å². The Morgan fingerprint density at radius 1 is 1.00 bits per heavy atom. The first-order valence-electron chi connectivity index (χ1n) is 5.38. The summed E-state index contributed by atoms with van der Waals surface area (Å²) in [5, 5.41) is 0. The van der Waals surface area contributed by atoms with E-state index in [4.69, 9.17) is 0 Å². The molecule has 1 heterocycles. The van der Waals surface area contributed by atoms with E-state index in [0.29, 0.717) is 10.2 Å². The standard InChI is InChI=1S/C13H15N2O2.HI/c1-15(2,3)11-6-4-5-10(9-11)14-12(16)7-8-13(14)17;/h4-9H,1-3H3;1H/q+1;/p-1. The van der Waals surface area contributed by atoms with Gasteiger partial charge in [0.05, 0.1) is 26.8 Å². The van der Waals surface area contributed by atoms with Gasteiger partial charge in [-0.1, -0.05) is 6.07 Å². The summed E-state index contributed by atoms with van der Waals surface area (Å²) in [4.78, 5) is 24.3. The van der Waals surface area contributed by atoms with Gasteiger partial charge in [0.25, 0.3) is 11.8 Å². The maximum absolute atomic E-state index is 11.6. The molecule has 1 aromatic carbocycles. The average molecular weight is 358 g/mol. The fraction of sp³-hybridized carbons (Fsp3) is 0.231. The number of halogens is 1. The zero-order chi connectivity index (χ0) is 12.6. The molecular weight excluding hydrogens is 343 g/mol. The second kappa shape index (κ2) is 5.19. The highest BCUT2D eigenvalue weighted by Gasteiger charge is 2.26. The Morgan fingerprint density at radius 2 is 1.56 bits per heavy atom. The van der Waals surface area contributed by atoms with Crippen molar-refractivity contribution in [1.82, 2.24) is 4.48 Å². The number of imide groups is 1. The third-order valence-electron chi connectivity index (χ3n) is 2.67. The van der Waals surface area contributed by atoms with Crippen LogP contribution in [0.25, 0.3) is 0 Å². The van der Waals surface area contributed by atoms with Gasteiger partial charge in [-0.15, -0.1) is 0 Å². The molecule has 1 aromatic rings.